The summed E-state index contributed by atoms with van der Waals surface area (Å²) in [5, 5.41) is 11.7. The molecule has 0 atom stereocenters. The van der Waals surface area contributed by atoms with E-state index in [-0.39, 0.29) is 17.7 Å². The number of rotatable bonds is 5. The predicted molar refractivity (Wildman–Crippen MR) is 64.3 cm³/mol. The summed E-state index contributed by atoms with van der Waals surface area (Å²) >= 11 is 0. The molecule has 0 aliphatic heterocycles. The highest BCUT2D eigenvalue weighted by Gasteiger charge is 2.39. The van der Waals surface area contributed by atoms with E-state index in [9.17, 15) is 9.59 Å². The van der Waals surface area contributed by atoms with E-state index >= 15 is 0 Å². The Balaban J connectivity index is 1.90. The van der Waals surface area contributed by atoms with E-state index in [1.54, 1.807) is 13.0 Å². The van der Waals surface area contributed by atoms with Crippen molar-refractivity contribution in [2.24, 2.45) is 5.41 Å². The van der Waals surface area contributed by atoms with Crippen molar-refractivity contribution >= 4 is 11.9 Å². The fourth-order valence-electron chi connectivity index (χ4n) is 2.35. The number of amides is 1. The molecule has 1 amide bonds. The molecule has 18 heavy (non-hydrogen) atoms. The molecule has 5 heteroatoms. The lowest BCUT2D eigenvalue weighted by molar-refractivity contribution is -0.141. The summed E-state index contributed by atoms with van der Waals surface area (Å²) in [6.07, 6.45) is 4.30. The van der Waals surface area contributed by atoms with Gasteiger partial charge in [-0.2, -0.15) is 0 Å². The van der Waals surface area contributed by atoms with Crippen LogP contribution in [0.3, 0.4) is 0 Å². The van der Waals surface area contributed by atoms with E-state index in [0.717, 1.165) is 19.3 Å². The largest absolute Gasteiger partial charge is 0.481 e. The average molecular weight is 251 g/mol. The summed E-state index contributed by atoms with van der Waals surface area (Å²) in [5.74, 6) is -0.323. The Morgan fingerprint density at radius 2 is 2.22 bits per heavy atom. The maximum Gasteiger partial charge on any atom is 0.303 e. The van der Waals surface area contributed by atoms with Gasteiger partial charge in [-0.1, -0.05) is 6.42 Å². The van der Waals surface area contributed by atoms with Gasteiger partial charge in [0.2, 0.25) is 0 Å². The maximum absolute atomic E-state index is 11.8. The second-order valence-electron chi connectivity index (χ2n) is 5.05. The third kappa shape index (κ3) is 2.72. The van der Waals surface area contributed by atoms with E-state index in [4.69, 9.17) is 9.52 Å². The molecule has 1 aliphatic rings. The molecule has 1 aromatic heterocycles. The van der Waals surface area contributed by atoms with Crippen LogP contribution in [0.25, 0.3) is 0 Å². The quantitative estimate of drug-likeness (QED) is 0.838. The summed E-state index contributed by atoms with van der Waals surface area (Å²) in [4.78, 5) is 22.6. The lowest BCUT2D eigenvalue weighted by Crippen LogP contribution is -2.43. The molecule has 0 unspecified atom stereocenters. The number of carbonyl (C=O) groups is 2. The van der Waals surface area contributed by atoms with Gasteiger partial charge in [0.25, 0.3) is 5.91 Å². The van der Waals surface area contributed by atoms with E-state index in [1.807, 2.05) is 0 Å². The molecule has 0 saturated heterocycles. The fraction of sp³-hybridized carbons (Fsp3) is 0.538. The fourth-order valence-corrected chi connectivity index (χ4v) is 2.35. The van der Waals surface area contributed by atoms with Gasteiger partial charge in [-0.05, 0) is 31.2 Å². The molecular formula is C13H17NO4. The first kappa shape index (κ1) is 12.7. The van der Waals surface area contributed by atoms with Gasteiger partial charge in [0, 0.05) is 6.54 Å². The molecule has 2 rings (SSSR count). The van der Waals surface area contributed by atoms with Crippen LogP contribution in [-0.4, -0.2) is 23.5 Å². The Bertz CT molecular complexity index is 459. The topological polar surface area (TPSA) is 79.5 Å². The van der Waals surface area contributed by atoms with Crippen molar-refractivity contribution in [1.29, 1.82) is 0 Å². The van der Waals surface area contributed by atoms with Crippen molar-refractivity contribution in [2.45, 2.75) is 32.6 Å². The second kappa shape index (κ2) is 4.84. The number of carboxylic acids is 1. The lowest BCUT2D eigenvalue weighted by Gasteiger charge is -2.40. The average Bonchev–Trinajstić information content (AvgIpc) is 2.68. The molecular weight excluding hydrogens is 234 g/mol. The molecule has 1 aromatic rings. The summed E-state index contributed by atoms with van der Waals surface area (Å²) in [7, 11) is 0. The monoisotopic (exact) mass is 251 g/mol. The Morgan fingerprint density at radius 3 is 2.67 bits per heavy atom. The minimum absolute atomic E-state index is 0.123. The molecule has 1 fully saturated rings. The van der Waals surface area contributed by atoms with Crippen LogP contribution in [0.1, 0.15) is 41.8 Å². The van der Waals surface area contributed by atoms with E-state index in [0.29, 0.717) is 17.9 Å². The highest BCUT2D eigenvalue weighted by Crippen LogP contribution is 2.43. The molecule has 2 N–H and O–H groups in total. The summed E-state index contributed by atoms with van der Waals surface area (Å²) in [6, 6.07) is 1.67. The molecule has 98 valence electrons. The number of hydrogen-bond acceptors (Lipinski definition) is 3. The van der Waals surface area contributed by atoms with Gasteiger partial charge in [0.05, 0.1) is 12.0 Å². The molecule has 0 radical (unpaired) electrons. The van der Waals surface area contributed by atoms with Crippen LogP contribution in [0.4, 0.5) is 0 Å². The van der Waals surface area contributed by atoms with Crippen LogP contribution >= 0.6 is 0 Å². The number of carbonyl (C=O) groups excluding carboxylic acids is 1. The molecule has 0 bridgehead atoms. The summed E-state index contributed by atoms with van der Waals surface area (Å²) in [5.41, 5.74) is 0.234. The minimum atomic E-state index is -0.803. The van der Waals surface area contributed by atoms with Crippen LogP contribution < -0.4 is 5.32 Å². The number of carboxylic acid groups (broad SMARTS) is 1. The molecule has 5 nitrogen and oxygen atoms in total. The van der Waals surface area contributed by atoms with E-state index in [1.165, 1.54) is 6.26 Å². The molecule has 1 aliphatic carbocycles. The van der Waals surface area contributed by atoms with Crippen molar-refractivity contribution in [1.82, 2.24) is 5.32 Å². The van der Waals surface area contributed by atoms with Crippen molar-refractivity contribution < 1.29 is 19.1 Å². The van der Waals surface area contributed by atoms with Crippen molar-refractivity contribution in [2.75, 3.05) is 6.54 Å². The van der Waals surface area contributed by atoms with Gasteiger partial charge in [0.15, 0.2) is 0 Å². The first-order valence-corrected chi connectivity index (χ1v) is 6.06. The zero-order valence-electron chi connectivity index (χ0n) is 10.4. The van der Waals surface area contributed by atoms with Gasteiger partial charge >= 0.3 is 5.97 Å². The molecule has 0 spiro atoms. The Labute approximate surface area is 105 Å². The van der Waals surface area contributed by atoms with Crippen molar-refractivity contribution in [3.8, 4) is 0 Å². The van der Waals surface area contributed by atoms with Gasteiger partial charge in [-0.3, -0.25) is 9.59 Å². The predicted octanol–water partition coefficient (Wildman–Crippen LogP) is 1.96. The molecule has 1 heterocycles. The zero-order chi connectivity index (χ0) is 13.2. The standard InChI is InChI=1S/C13H17NO4/c1-9-5-10(7-18-9)12(17)14-8-13(3-2-4-13)6-11(15)16/h5,7H,2-4,6,8H2,1H3,(H,14,17)(H,15,16). The van der Waals surface area contributed by atoms with Gasteiger partial charge in [-0.25, -0.2) is 0 Å². The first-order valence-electron chi connectivity index (χ1n) is 6.06. The SMILES string of the molecule is Cc1cc(C(=O)NCC2(CC(=O)O)CCC2)co1. The summed E-state index contributed by atoms with van der Waals surface area (Å²) in [6.45, 7) is 2.19. The Kier molecular flexibility index (Phi) is 3.41. The van der Waals surface area contributed by atoms with Crippen molar-refractivity contribution in [3.63, 3.8) is 0 Å². The smallest absolute Gasteiger partial charge is 0.303 e. The molecule has 0 aromatic carbocycles. The molecule has 1 saturated carbocycles. The number of aryl methyl sites for hydroxylation is 1. The number of nitrogens with one attached hydrogen (secondary N) is 1. The van der Waals surface area contributed by atoms with Crippen molar-refractivity contribution in [3.05, 3.63) is 23.7 Å². The normalized spacial score (nSPS) is 16.9. The van der Waals surface area contributed by atoms with Crippen LogP contribution in [0.15, 0.2) is 16.7 Å². The minimum Gasteiger partial charge on any atom is -0.481 e. The Morgan fingerprint density at radius 1 is 1.50 bits per heavy atom. The first-order chi connectivity index (χ1) is 8.51. The van der Waals surface area contributed by atoms with Crippen LogP contribution in [0.2, 0.25) is 0 Å². The zero-order valence-corrected chi connectivity index (χ0v) is 10.4. The second-order valence-corrected chi connectivity index (χ2v) is 5.05. The number of furan rings is 1. The van der Waals surface area contributed by atoms with Gasteiger partial charge in [0.1, 0.15) is 12.0 Å². The van der Waals surface area contributed by atoms with Crippen LogP contribution in [0, 0.1) is 12.3 Å². The third-order valence-corrected chi connectivity index (χ3v) is 3.56. The number of aliphatic carboxylic acids is 1. The Hall–Kier alpha value is -1.78. The van der Waals surface area contributed by atoms with E-state index < -0.39 is 5.97 Å². The van der Waals surface area contributed by atoms with Gasteiger partial charge < -0.3 is 14.8 Å². The van der Waals surface area contributed by atoms with E-state index in [2.05, 4.69) is 5.32 Å². The lowest BCUT2D eigenvalue weighted by atomic mass is 9.66. The third-order valence-electron chi connectivity index (χ3n) is 3.56. The number of hydrogen-bond donors (Lipinski definition) is 2. The highest BCUT2D eigenvalue weighted by molar-refractivity contribution is 5.94. The summed E-state index contributed by atoms with van der Waals surface area (Å²) < 4.78 is 5.07. The maximum atomic E-state index is 11.8. The van der Waals surface area contributed by atoms with Crippen LogP contribution in [0.5, 0.6) is 0 Å². The van der Waals surface area contributed by atoms with Crippen LogP contribution in [-0.2, 0) is 4.79 Å². The highest BCUT2D eigenvalue weighted by atomic mass is 16.4. The van der Waals surface area contributed by atoms with Gasteiger partial charge in [-0.15, -0.1) is 0 Å².